The van der Waals surface area contributed by atoms with Crippen LogP contribution in [-0.2, 0) is 4.79 Å². The van der Waals surface area contributed by atoms with Crippen molar-refractivity contribution in [2.45, 2.75) is 52.0 Å². The third-order valence-electron chi connectivity index (χ3n) is 2.11. The minimum Gasteiger partial charge on any atom is -0.330 e. The summed E-state index contributed by atoms with van der Waals surface area (Å²) in [5.41, 5.74) is 5.60. The van der Waals surface area contributed by atoms with E-state index in [-0.39, 0.29) is 11.7 Å². The summed E-state index contributed by atoms with van der Waals surface area (Å²) in [5.74, 6) is 0. The van der Waals surface area contributed by atoms with E-state index in [1.807, 2.05) is 0 Å². The van der Waals surface area contributed by atoms with Gasteiger partial charge in [-0.2, -0.15) is 0 Å². The molecule has 0 aromatic heterocycles. The Bertz CT molecular complexity index is 162. The second-order valence-corrected chi connectivity index (χ2v) is 3.85. The molecule has 0 aliphatic heterocycles. The Kier molecular flexibility index (Phi) is 7.81. The number of hydrogen-bond donors (Lipinski definition) is 2. The van der Waals surface area contributed by atoms with E-state index in [4.69, 9.17) is 5.73 Å². The lowest BCUT2D eigenvalue weighted by molar-refractivity contribution is -0.114. The van der Waals surface area contributed by atoms with Crippen LogP contribution in [0.4, 0.5) is 0 Å². The highest BCUT2D eigenvalue weighted by Crippen LogP contribution is 2.02. The summed E-state index contributed by atoms with van der Waals surface area (Å²) < 4.78 is 0. The van der Waals surface area contributed by atoms with Crippen molar-refractivity contribution < 1.29 is 4.79 Å². The Labute approximate surface area is 88.1 Å². The van der Waals surface area contributed by atoms with Gasteiger partial charge in [0, 0.05) is 6.04 Å². The summed E-state index contributed by atoms with van der Waals surface area (Å²) in [6.45, 7) is 6.61. The Morgan fingerprint density at radius 1 is 1.43 bits per heavy atom. The van der Waals surface area contributed by atoms with Crippen LogP contribution in [0.15, 0.2) is 0 Å². The third-order valence-corrected chi connectivity index (χ3v) is 2.11. The van der Waals surface area contributed by atoms with Gasteiger partial charge in [-0.3, -0.25) is 0 Å². The van der Waals surface area contributed by atoms with E-state index < -0.39 is 0 Å². The van der Waals surface area contributed by atoms with Gasteiger partial charge in [-0.05, 0) is 19.4 Å². The Hall–Kier alpha value is -0.345. The molecule has 0 heterocycles. The molecule has 3 nitrogen and oxygen atoms in total. The summed E-state index contributed by atoms with van der Waals surface area (Å²) in [4.78, 5) is 11.5. The number of carbonyl (C=O) groups is 1. The number of nitrogens with two attached hydrogens (primary N) is 1. The summed E-state index contributed by atoms with van der Waals surface area (Å²) in [5, 5.41) is 3.27. The van der Waals surface area contributed by atoms with Crippen molar-refractivity contribution >= 4 is 13.0 Å². The molecule has 0 aromatic carbocycles. The minimum absolute atomic E-state index is 0.0217. The van der Waals surface area contributed by atoms with Gasteiger partial charge >= 0.3 is 0 Å². The Morgan fingerprint density at radius 2 is 2.07 bits per heavy atom. The monoisotopic (exact) mass is 197 g/mol. The standard InChI is InChI=1S/C10H22BN2O/c1-8(2)13-9(10(14)11-3)6-4-5-7-12/h8-9,13H,4-7,12H2,1-3H3/t9-/m0/s1. The smallest absolute Gasteiger partial charge is 0.201 e. The average molecular weight is 197 g/mol. The number of rotatable bonds is 8. The lowest BCUT2D eigenvalue weighted by Crippen LogP contribution is -2.42. The fraction of sp³-hybridized carbons (Fsp3) is 0.900. The summed E-state index contributed by atoms with van der Waals surface area (Å²) in [6, 6.07) is 0.327. The molecule has 14 heavy (non-hydrogen) atoms. The highest BCUT2D eigenvalue weighted by atomic mass is 16.1. The summed E-state index contributed by atoms with van der Waals surface area (Å²) in [7, 11) is 1.64. The van der Waals surface area contributed by atoms with Gasteiger partial charge in [0.15, 0.2) is 0 Å². The number of nitrogens with one attached hydrogen (secondary N) is 1. The van der Waals surface area contributed by atoms with Crippen LogP contribution in [0.2, 0.25) is 6.82 Å². The molecule has 0 saturated heterocycles. The van der Waals surface area contributed by atoms with Crippen LogP contribution in [-0.4, -0.2) is 31.6 Å². The molecular weight excluding hydrogens is 175 g/mol. The quantitative estimate of drug-likeness (QED) is 0.446. The molecule has 0 aliphatic carbocycles. The molecule has 1 atom stereocenters. The molecule has 0 unspecified atom stereocenters. The fourth-order valence-corrected chi connectivity index (χ4v) is 1.40. The van der Waals surface area contributed by atoms with E-state index in [0.29, 0.717) is 12.6 Å². The van der Waals surface area contributed by atoms with Gasteiger partial charge in [-0.1, -0.05) is 27.1 Å². The van der Waals surface area contributed by atoms with Crippen molar-refractivity contribution in [3.8, 4) is 0 Å². The molecule has 0 fully saturated rings. The highest BCUT2D eigenvalue weighted by molar-refractivity contribution is 6.73. The molecule has 0 spiro atoms. The molecule has 0 bridgehead atoms. The van der Waals surface area contributed by atoms with Crippen LogP contribution in [0.25, 0.3) is 0 Å². The summed E-state index contributed by atoms with van der Waals surface area (Å²) >= 11 is 0. The van der Waals surface area contributed by atoms with Crippen molar-refractivity contribution in [1.29, 1.82) is 0 Å². The molecule has 0 aromatic rings. The maximum atomic E-state index is 11.5. The molecule has 3 N–H and O–H groups in total. The second-order valence-electron chi connectivity index (χ2n) is 3.85. The van der Waals surface area contributed by atoms with E-state index in [0.717, 1.165) is 19.3 Å². The van der Waals surface area contributed by atoms with Gasteiger partial charge < -0.3 is 15.8 Å². The number of hydrogen-bond acceptors (Lipinski definition) is 3. The zero-order valence-electron chi connectivity index (χ0n) is 9.55. The van der Waals surface area contributed by atoms with Crippen LogP contribution in [0.1, 0.15) is 33.1 Å². The zero-order chi connectivity index (χ0) is 11.0. The second kappa shape index (κ2) is 8.00. The van der Waals surface area contributed by atoms with Crippen LogP contribution >= 0.6 is 0 Å². The molecule has 0 saturated carbocycles. The first-order valence-corrected chi connectivity index (χ1v) is 5.41. The molecule has 0 aliphatic rings. The molecular formula is C10H22BN2O. The predicted octanol–water partition coefficient (Wildman–Crippen LogP) is 0.761. The first kappa shape index (κ1) is 13.7. The van der Waals surface area contributed by atoms with E-state index in [2.05, 4.69) is 19.2 Å². The molecule has 1 radical (unpaired) electrons. The van der Waals surface area contributed by atoms with Gasteiger partial charge in [0.1, 0.15) is 5.68 Å². The largest absolute Gasteiger partial charge is 0.330 e. The van der Waals surface area contributed by atoms with Gasteiger partial charge in [0.2, 0.25) is 7.28 Å². The molecule has 81 valence electrons. The maximum Gasteiger partial charge on any atom is 0.201 e. The van der Waals surface area contributed by atoms with Crippen LogP contribution < -0.4 is 11.1 Å². The van der Waals surface area contributed by atoms with Crippen LogP contribution in [0, 0.1) is 0 Å². The molecule has 4 heteroatoms. The number of unbranched alkanes of at least 4 members (excludes halogenated alkanes) is 1. The van der Waals surface area contributed by atoms with Crippen molar-refractivity contribution in [3.05, 3.63) is 0 Å². The lowest BCUT2D eigenvalue weighted by atomic mass is 9.72. The van der Waals surface area contributed by atoms with Crippen molar-refractivity contribution in [1.82, 2.24) is 5.32 Å². The van der Waals surface area contributed by atoms with Gasteiger partial charge in [0.05, 0.1) is 6.04 Å². The normalized spacial score (nSPS) is 12.9. The minimum atomic E-state index is -0.0217. The fourth-order valence-electron chi connectivity index (χ4n) is 1.40. The highest BCUT2D eigenvalue weighted by Gasteiger charge is 2.16. The SMILES string of the molecule is C[B]C(=O)[C@H](CCCCN)NC(C)C. The van der Waals surface area contributed by atoms with Crippen molar-refractivity contribution in [2.75, 3.05) is 6.54 Å². The van der Waals surface area contributed by atoms with Gasteiger partial charge in [-0.25, -0.2) is 0 Å². The van der Waals surface area contributed by atoms with E-state index in [9.17, 15) is 4.79 Å². The molecule has 0 amide bonds. The first-order chi connectivity index (χ1) is 6.61. The van der Waals surface area contributed by atoms with Crippen molar-refractivity contribution in [2.24, 2.45) is 5.73 Å². The van der Waals surface area contributed by atoms with E-state index >= 15 is 0 Å². The third kappa shape index (κ3) is 6.16. The zero-order valence-corrected chi connectivity index (χ0v) is 9.55. The van der Waals surface area contributed by atoms with Gasteiger partial charge in [0.25, 0.3) is 0 Å². The topological polar surface area (TPSA) is 55.1 Å². The van der Waals surface area contributed by atoms with Crippen LogP contribution in [0.5, 0.6) is 0 Å². The van der Waals surface area contributed by atoms with E-state index in [1.165, 1.54) is 0 Å². The first-order valence-electron chi connectivity index (χ1n) is 5.41. The molecule has 0 rings (SSSR count). The van der Waals surface area contributed by atoms with E-state index in [1.54, 1.807) is 14.1 Å². The Balaban J connectivity index is 3.91. The van der Waals surface area contributed by atoms with Gasteiger partial charge in [-0.15, -0.1) is 0 Å². The summed E-state index contributed by atoms with van der Waals surface area (Å²) in [6.07, 6.45) is 2.90. The van der Waals surface area contributed by atoms with Crippen molar-refractivity contribution in [3.63, 3.8) is 0 Å². The predicted molar refractivity (Wildman–Crippen MR) is 61.6 cm³/mol. The Morgan fingerprint density at radius 3 is 2.50 bits per heavy atom. The van der Waals surface area contributed by atoms with Crippen LogP contribution in [0.3, 0.4) is 0 Å². The maximum absolute atomic E-state index is 11.5. The average Bonchev–Trinajstić information content (AvgIpc) is 2.15. The lowest BCUT2D eigenvalue weighted by Gasteiger charge is -2.19. The number of carbonyl (C=O) groups excluding carboxylic acids is 1.